The molecule has 1 aromatic heterocycles. The summed E-state index contributed by atoms with van der Waals surface area (Å²) in [6, 6.07) is 14.1. The van der Waals surface area contributed by atoms with Crippen LogP contribution in [0.15, 0.2) is 47.8 Å². The first-order valence-electron chi connectivity index (χ1n) is 11.0. The molecule has 3 aromatic rings. The molecule has 7 nitrogen and oxygen atoms in total. The van der Waals surface area contributed by atoms with Gasteiger partial charge in [0.1, 0.15) is 16.5 Å². The van der Waals surface area contributed by atoms with Crippen molar-refractivity contribution in [3.63, 3.8) is 0 Å². The Bertz CT molecular complexity index is 1080. The van der Waals surface area contributed by atoms with E-state index >= 15 is 0 Å². The summed E-state index contributed by atoms with van der Waals surface area (Å²) in [5.41, 5.74) is 2.77. The molecule has 174 valence electrons. The summed E-state index contributed by atoms with van der Waals surface area (Å²) in [5.74, 6) is 2.66. The highest BCUT2D eigenvalue weighted by Crippen LogP contribution is 2.33. The Hall–Kier alpha value is -3.10. The van der Waals surface area contributed by atoms with Crippen LogP contribution in [-0.4, -0.2) is 36.2 Å². The van der Waals surface area contributed by atoms with Crippen molar-refractivity contribution in [2.75, 3.05) is 20.4 Å². The number of nitrogens with one attached hydrogen (secondary N) is 1. The van der Waals surface area contributed by atoms with Gasteiger partial charge in [0.05, 0.1) is 13.7 Å². The summed E-state index contributed by atoms with van der Waals surface area (Å²) in [4.78, 5) is 19.3. The van der Waals surface area contributed by atoms with Crippen molar-refractivity contribution < 1.29 is 19.0 Å². The Morgan fingerprint density at radius 3 is 2.58 bits per heavy atom. The first-order valence-corrected chi connectivity index (χ1v) is 11.8. The first-order chi connectivity index (χ1) is 16.0. The Kier molecular flexibility index (Phi) is 7.47. The quantitative estimate of drug-likeness (QED) is 0.474. The van der Waals surface area contributed by atoms with E-state index in [0.717, 1.165) is 34.4 Å². The van der Waals surface area contributed by atoms with Crippen LogP contribution in [0, 0.1) is 5.92 Å². The number of fused-ring (bicyclic) bond motifs is 1. The number of carbonyl (C=O) groups excluding carboxylic acids is 1. The number of methoxy groups -OCH3 is 1. The zero-order valence-electron chi connectivity index (χ0n) is 19.2. The fourth-order valence-electron chi connectivity index (χ4n) is 3.52. The zero-order chi connectivity index (χ0) is 23.2. The number of amides is 1. The lowest BCUT2D eigenvalue weighted by Crippen LogP contribution is -2.27. The molecule has 1 aliphatic heterocycles. The fraction of sp³-hybridized carbons (Fsp3) is 0.360. The molecule has 1 amide bonds. The maximum absolute atomic E-state index is 12.4. The molecule has 0 atom stereocenters. The molecule has 1 aliphatic rings. The van der Waals surface area contributed by atoms with Crippen LogP contribution in [0.2, 0.25) is 0 Å². The topological polar surface area (TPSA) is 72.9 Å². The molecule has 2 aromatic carbocycles. The Labute approximate surface area is 198 Å². The van der Waals surface area contributed by atoms with E-state index in [1.54, 1.807) is 7.11 Å². The molecule has 0 unspecified atom stereocenters. The number of benzene rings is 2. The van der Waals surface area contributed by atoms with E-state index in [2.05, 4.69) is 47.2 Å². The molecule has 0 bridgehead atoms. The number of hydrogen-bond acceptors (Lipinski definition) is 7. The molecule has 8 heteroatoms. The minimum atomic E-state index is -0.122. The maximum Gasteiger partial charge on any atom is 0.270 e. The van der Waals surface area contributed by atoms with Crippen LogP contribution in [0.25, 0.3) is 0 Å². The van der Waals surface area contributed by atoms with Crippen molar-refractivity contribution in [2.45, 2.75) is 33.5 Å². The van der Waals surface area contributed by atoms with Gasteiger partial charge < -0.3 is 19.5 Å². The number of thiazole rings is 1. The molecule has 0 fully saturated rings. The Balaban J connectivity index is 1.49. The zero-order valence-corrected chi connectivity index (χ0v) is 20.0. The highest BCUT2D eigenvalue weighted by atomic mass is 32.1. The molecule has 0 radical (unpaired) electrons. The predicted molar refractivity (Wildman–Crippen MR) is 128 cm³/mol. The molecule has 2 heterocycles. The summed E-state index contributed by atoms with van der Waals surface area (Å²) in [6.45, 7) is 7.10. The molecular weight excluding hydrogens is 438 g/mol. The van der Waals surface area contributed by atoms with Crippen molar-refractivity contribution in [1.82, 2.24) is 15.2 Å². The summed E-state index contributed by atoms with van der Waals surface area (Å²) in [5, 5.41) is 5.67. The molecule has 0 saturated heterocycles. The van der Waals surface area contributed by atoms with Gasteiger partial charge in [-0.05, 0) is 41.3 Å². The van der Waals surface area contributed by atoms with Gasteiger partial charge in [0.15, 0.2) is 11.5 Å². The van der Waals surface area contributed by atoms with Crippen molar-refractivity contribution >= 4 is 17.2 Å². The van der Waals surface area contributed by atoms with Gasteiger partial charge in [0.25, 0.3) is 5.91 Å². The molecule has 4 rings (SSSR count). The van der Waals surface area contributed by atoms with Gasteiger partial charge in [0.2, 0.25) is 6.79 Å². The monoisotopic (exact) mass is 467 g/mol. The molecule has 0 spiro atoms. The van der Waals surface area contributed by atoms with Crippen molar-refractivity contribution in [2.24, 2.45) is 5.92 Å². The third-order valence-corrected chi connectivity index (χ3v) is 6.06. The van der Waals surface area contributed by atoms with E-state index in [1.165, 1.54) is 16.9 Å². The SMILES string of the molecule is COc1ccc(CN(Cc2ccc3c(c2)OCO3)Cc2nc(C(=O)NCC(C)C)cs2)cc1. The van der Waals surface area contributed by atoms with E-state index < -0.39 is 0 Å². The maximum atomic E-state index is 12.4. The van der Waals surface area contributed by atoms with Crippen molar-refractivity contribution in [3.8, 4) is 17.2 Å². The normalized spacial score (nSPS) is 12.4. The number of carbonyl (C=O) groups is 1. The Morgan fingerprint density at radius 2 is 1.82 bits per heavy atom. The lowest BCUT2D eigenvalue weighted by atomic mass is 10.1. The second kappa shape index (κ2) is 10.7. The number of nitrogens with zero attached hydrogens (tertiary/aromatic N) is 2. The molecule has 0 aliphatic carbocycles. The van der Waals surface area contributed by atoms with E-state index in [0.29, 0.717) is 31.2 Å². The van der Waals surface area contributed by atoms with Crippen LogP contribution >= 0.6 is 11.3 Å². The number of ether oxygens (including phenoxy) is 3. The van der Waals surface area contributed by atoms with Crippen LogP contribution in [0.1, 0.15) is 40.5 Å². The van der Waals surface area contributed by atoms with Gasteiger partial charge in [-0.1, -0.05) is 32.0 Å². The lowest BCUT2D eigenvalue weighted by Gasteiger charge is -2.22. The van der Waals surface area contributed by atoms with Crippen LogP contribution < -0.4 is 19.5 Å². The van der Waals surface area contributed by atoms with Crippen LogP contribution in [0.4, 0.5) is 0 Å². The highest BCUT2D eigenvalue weighted by molar-refractivity contribution is 7.09. The van der Waals surface area contributed by atoms with Crippen molar-refractivity contribution in [3.05, 3.63) is 69.7 Å². The summed E-state index contributed by atoms with van der Waals surface area (Å²) >= 11 is 1.51. The Morgan fingerprint density at radius 1 is 1.09 bits per heavy atom. The fourth-order valence-corrected chi connectivity index (χ4v) is 4.34. The molecule has 33 heavy (non-hydrogen) atoms. The summed E-state index contributed by atoms with van der Waals surface area (Å²) in [6.07, 6.45) is 0. The average Bonchev–Trinajstić information content (AvgIpc) is 3.47. The third kappa shape index (κ3) is 6.24. The van der Waals surface area contributed by atoms with E-state index in [1.807, 2.05) is 29.6 Å². The van der Waals surface area contributed by atoms with Crippen LogP contribution in [-0.2, 0) is 19.6 Å². The van der Waals surface area contributed by atoms with E-state index in [-0.39, 0.29) is 12.7 Å². The number of aromatic nitrogens is 1. The molecule has 1 N–H and O–H groups in total. The van der Waals surface area contributed by atoms with Gasteiger partial charge in [-0.3, -0.25) is 9.69 Å². The summed E-state index contributed by atoms with van der Waals surface area (Å²) < 4.78 is 16.3. The van der Waals surface area contributed by atoms with Crippen molar-refractivity contribution in [1.29, 1.82) is 0 Å². The first kappa shape index (κ1) is 23.1. The van der Waals surface area contributed by atoms with E-state index in [4.69, 9.17) is 14.2 Å². The standard InChI is InChI=1S/C25H29N3O4S/c1-17(2)11-26-25(29)21-15-33-24(27-21)14-28(12-18-4-7-20(30-3)8-5-18)13-19-6-9-22-23(10-19)32-16-31-22/h4-10,15,17H,11-14,16H2,1-3H3,(H,26,29). The minimum Gasteiger partial charge on any atom is -0.497 e. The van der Waals surface area contributed by atoms with Crippen LogP contribution in [0.3, 0.4) is 0 Å². The molecular formula is C25H29N3O4S. The van der Waals surface area contributed by atoms with Gasteiger partial charge in [0, 0.05) is 25.0 Å². The van der Waals surface area contributed by atoms with Gasteiger partial charge in [-0.25, -0.2) is 4.98 Å². The number of rotatable bonds is 10. The molecule has 0 saturated carbocycles. The average molecular weight is 468 g/mol. The predicted octanol–water partition coefficient (Wildman–Crippen LogP) is 4.47. The number of hydrogen-bond donors (Lipinski definition) is 1. The third-order valence-electron chi connectivity index (χ3n) is 5.22. The highest BCUT2D eigenvalue weighted by Gasteiger charge is 2.17. The van der Waals surface area contributed by atoms with Gasteiger partial charge in [-0.2, -0.15) is 0 Å². The smallest absolute Gasteiger partial charge is 0.270 e. The lowest BCUT2D eigenvalue weighted by molar-refractivity contribution is 0.0944. The van der Waals surface area contributed by atoms with Gasteiger partial charge in [-0.15, -0.1) is 11.3 Å². The summed E-state index contributed by atoms with van der Waals surface area (Å²) in [7, 11) is 1.66. The largest absolute Gasteiger partial charge is 0.497 e. The minimum absolute atomic E-state index is 0.122. The second-order valence-electron chi connectivity index (χ2n) is 8.41. The van der Waals surface area contributed by atoms with E-state index in [9.17, 15) is 4.79 Å². The van der Waals surface area contributed by atoms with Crippen LogP contribution in [0.5, 0.6) is 17.2 Å². The second-order valence-corrected chi connectivity index (χ2v) is 9.35. The van der Waals surface area contributed by atoms with Gasteiger partial charge >= 0.3 is 0 Å².